The highest BCUT2D eigenvalue weighted by Gasteiger charge is 1.88. The molecule has 10 heavy (non-hydrogen) atoms. The third kappa shape index (κ3) is 1.95. The molecule has 1 rings (SSSR count). The van der Waals surface area contributed by atoms with Crippen molar-refractivity contribution in [3.8, 4) is 0 Å². The smallest absolute Gasteiger partial charge is 0.0314 e. The van der Waals surface area contributed by atoms with Gasteiger partial charge in [-0.3, -0.25) is 0 Å². The number of anilines is 1. The summed E-state index contributed by atoms with van der Waals surface area (Å²) in [6.07, 6.45) is 0.968. The molecule has 2 N–H and O–H groups in total. The van der Waals surface area contributed by atoms with Gasteiger partial charge < -0.3 is 5.73 Å². The third-order valence-corrected chi connectivity index (χ3v) is 1.57. The normalized spacial score (nSPS) is 9.70. The number of benzene rings is 1. The Labute approximate surface area is 66.7 Å². The van der Waals surface area contributed by atoms with Crippen LogP contribution in [0.25, 0.3) is 0 Å². The SMILES string of the molecule is Nc1ccc(CC[S])cc1. The van der Waals surface area contributed by atoms with Crippen molar-refractivity contribution in [3.05, 3.63) is 29.8 Å². The highest BCUT2D eigenvalue weighted by molar-refractivity contribution is 7.80. The van der Waals surface area contributed by atoms with E-state index in [1.807, 2.05) is 24.3 Å². The molecule has 0 atom stereocenters. The molecule has 0 saturated carbocycles. The zero-order valence-corrected chi connectivity index (χ0v) is 6.53. The van der Waals surface area contributed by atoms with Crippen molar-refractivity contribution < 1.29 is 0 Å². The van der Waals surface area contributed by atoms with Gasteiger partial charge in [-0.15, -0.1) is 0 Å². The Bertz CT molecular complexity index is 193. The molecule has 0 spiro atoms. The zero-order valence-electron chi connectivity index (χ0n) is 5.71. The molecular formula is C8H10NS. The molecule has 0 aliphatic heterocycles. The van der Waals surface area contributed by atoms with Gasteiger partial charge in [-0.05, 0) is 24.1 Å². The second kappa shape index (κ2) is 3.52. The van der Waals surface area contributed by atoms with E-state index < -0.39 is 0 Å². The first-order valence-corrected chi connectivity index (χ1v) is 3.83. The van der Waals surface area contributed by atoms with Crippen LogP contribution in [0.3, 0.4) is 0 Å². The summed E-state index contributed by atoms with van der Waals surface area (Å²) < 4.78 is 0. The number of aryl methyl sites for hydroxylation is 1. The van der Waals surface area contributed by atoms with Crippen molar-refractivity contribution in [2.45, 2.75) is 6.42 Å². The number of nitrogen functional groups attached to an aromatic ring is 1. The highest BCUT2D eigenvalue weighted by Crippen LogP contribution is 2.05. The average Bonchev–Trinajstić information content (AvgIpc) is 1.95. The Morgan fingerprint density at radius 2 is 1.80 bits per heavy atom. The van der Waals surface area contributed by atoms with Crippen LogP contribution in [0, 0.1) is 0 Å². The van der Waals surface area contributed by atoms with Crippen molar-refractivity contribution in [1.29, 1.82) is 0 Å². The van der Waals surface area contributed by atoms with E-state index in [1.165, 1.54) is 5.56 Å². The van der Waals surface area contributed by atoms with Crippen LogP contribution in [0.4, 0.5) is 5.69 Å². The summed E-state index contributed by atoms with van der Waals surface area (Å²) in [6, 6.07) is 7.84. The van der Waals surface area contributed by atoms with E-state index in [2.05, 4.69) is 0 Å². The number of nitrogens with two attached hydrogens (primary N) is 1. The first-order chi connectivity index (χ1) is 4.83. The third-order valence-electron chi connectivity index (χ3n) is 1.37. The summed E-state index contributed by atoms with van der Waals surface area (Å²) in [6.45, 7) is 0. The van der Waals surface area contributed by atoms with Gasteiger partial charge >= 0.3 is 0 Å². The van der Waals surface area contributed by atoms with Gasteiger partial charge in [0.2, 0.25) is 0 Å². The van der Waals surface area contributed by atoms with Gasteiger partial charge in [0, 0.05) is 11.4 Å². The van der Waals surface area contributed by atoms with Crippen LogP contribution < -0.4 is 5.73 Å². The first kappa shape index (κ1) is 7.48. The maximum atomic E-state index is 5.50. The summed E-state index contributed by atoms with van der Waals surface area (Å²) in [5, 5.41) is 0. The molecule has 1 aromatic rings. The summed E-state index contributed by atoms with van der Waals surface area (Å²) in [4.78, 5) is 0. The molecule has 1 radical (unpaired) electrons. The molecule has 0 aliphatic carbocycles. The van der Waals surface area contributed by atoms with Crippen molar-refractivity contribution in [1.82, 2.24) is 0 Å². The van der Waals surface area contributed by atoms with Crippen molar-refractivity contribution >= 4 is 18.3 Å². The lowest BCUT2D eigenvalue weighted by Gasteiger charge is -1.96. The minimum atomic E-state index is 0.782. The van der Waals surface area contributed by atoms with Crippen LogP contribution in [0.2, 0.25) is 0 Å². The van der Waals surface area contributed by atoms with E-state index in [0.717, 1.165) is 17.9 Å². The Morgan fingerprint density at radius 3 is 2.30 bits per heavy atom. The second-order valence-electron chi connectivity index (χ2n) is 2.20. The number of hydrogen-bond acceptors (Lipinski definition) is 1. The van der Waals surface area contributed by atoms with E-state index in [0.29, 0.717) is 0 Å². The minimum absolute atomic E-state index is 0.782. The van der Waals surface area contributed by atoms with Crippen LogP contribution in [0.5, 0.6) is 0 Å². The van der Waals surface area contributed by atoms with Gasteiger partial charge in [-0.25, -0.2) is 0 Å². The van der Waals surface area contributed by atoms with E-state index in [4.69, 9.17) is 18.4 Å². The van der Waals surface area contributed by atoms with Crippen LogP contribution >= 0.6 is 12.6 Å². The van der Waals surface area contributed by atoms with Gasteiger partial charge in [0.15, 0.2) is 0 Å². The summed E-state index contributed by atoms with van der Waals surface area (Å²) in [5.74, 6) is 0.782. The molecule has 53 valence electrons. The highest BCUT2D eigenvalue weighted by atomic mass is 32.1. The summed E-state index contributed by atoms with van der Waals surface area (Å²) in [5.41, 5.74) is 7.58. The molecule has 0 aromatic heterocycles. The maximum Gasteiger partial charge on any atom is 0.0314 e. The molecule has 1 aromatic carbocycles. The maximum absolute atomic E-state index is 5.50. The van der Waals surface area contributed by atoms with Crippen LogP contribution in [0.1, 0.15) is 5.56 Å². The molecule has 0 heterocycles. The summed E-state index contributed by atoms with van der Waals surface area (Å²) >= 11 is 4.84. The van der Waals surface area contributed by atoms with Crippen molar-refractivity contribution in [2.24, 2.45) is 0 Å². The van der Waals surface area contributed by atoms with E-state index in [1.54, 1.807) is 0 Å². The topological polar surface area (TPSA) is 26.0 Å². The van der Waals surface area contributed by atoms with E-state index >= 15 is 0 Å². The Balaban J connectivity index is 2.69. The predicted octanol–water partition coefficient (Wildman–Crippen LogP) is 2.01. The van der Waals surface area contributed by atoms with Crippen molar-refractivity contribution in [2.75, 3.05) is 11.5 Å². The van der Waals surface area contributed by atoms with Gasteiger partial charge in [0.25, 0.3) is 0 Å². The molecule has 0 amide bonds. The first-order valence-electron chi connectivity index (χ1n) is 3.25. The van der Waals surface area contributed by atoms with Crippen molar-refractivity contribution in [3.63, 3.8) is 0 Å². The fourth-order valence-corrected chi connectivity index (χ4v) is 1.04. The zero-order chi connectivity index (χ0) is 7.40. The molecule has 2 heteroatoms. The fraction of sp³-hybridized carbons (Fsp3) is 0.250. The van der Waals surface area contributed by atoms with E-state index in [9.17, 15) is 0 Å². The van der Waals surface area contributed by atoms with E-state index in [-0.39, 0.29) is 0 Å². The Hall–Kier alpha value is -0.630. The molecule has 0 aliphatic rings. The van der Waals surface area contributed by atoms with Crippen LogP contribution in [-0.4, -0.2) is 5.75 Å². The summed E-state index contributed by atoms with van der Waals surface area (Å²) in [7, 11) is 0. The second-order valence-corrected chi connectivity index (χ2v) is 2.60. The molecular weight excluding hydrogens is 142 g/mol. The molecule has 1 nitrogen and oxygen atoms in total. The molecule has 0 unspecified atom stereocenters. The monoisotopic (exact) mass is 152 g/mol. The lowest BCUT2D eigenvalue weighted by molar-refractivity contribution is 1.16. The Kier molecular flexibility index (Phi) is 2.63. The number of rotatable bonds is 2. The van der Waals surface area contributed by atoms with Crippen LogP contribution in [0.15, 0.2) is 24.3 Å². The van der Waals surface area contributed by atoms with Gasteiger partial charge in [0.1, 0.15) is 0 Å². The quantitative estimate of drug-likeness (QED) is 0.644. The van der Waals surface area contributed by atoms with Gasteiger partial charge in [-0.2, -0.15) is 0 Å². The van der Waals surface area contributed by atoms with Gasteiger partial charge in [-0.1, -0.05) is 24.8 Å². The largest absolute Gasteiger partial charge is 0.399 e. The lowest BCUT2D eigenvalue weighted by atomic mass is 10.2. The molecule has 0 bridgehead atoms. The fourth-order valence-electron chi connectivity index (χ4n) is 0.802. The molecule has 0 fully saturated rings. The molecule has 0 saturated heterocycles. The van der Waals surface area contributed by atoms with Crippen LogP contribution in [-0.2, 0) is 6.42 Å². The predicted molar refractivity (Wildman–Crippen MR) is 47.0 cm³/mol. The minimum Gasteiger partial charge on any atom is -0.399 e. The standard InChI is InChI=1S/C8H10NS/c9-8-3-1-7(2-4-8)5-6-10/h1-4H,5-6,9H2. The lowest BCUT2D eigenvalue weighted by Crippen LogP contribution is -1.87. The van der Waals surface area contributed by atoms with Gasteiger partial charge in [0.05, 0.1) is 0 Å². The Morgan fingerprint density at radius 1 is 1.20 bits per heavy atom. The number of hydrogen-bond donors (Lipinski definition) is 1. The average molecular weight is 152 g/mol.